The standard InChI is InChI=1S/C16H22ClNS/c17-13-6-2-3-7-14(13)19-16(12-18)10-15(11-16)8-4-1-5-9-15/h2-3,6-7H,1,4-5,8-12,18H2. The molecule has 1 nitrogen and oxygen atoms in total. The van der Waals surface area contributed by atoms with E-state index in [2.05, 4.69) is 12.1 Å². The summed E-state index contributed by atoms with van der Waals surface area (Å²) in [5.74, 6) is 0. The Bertz CT molecular complexity index is 446. The number of rotatable bonds is 3. The molecule has 0 atom stereocenters. The second-order valence-corrected chi connectivity index (χ2v) is 8.25. The van der Waals surface area contributed by atoms with Crippen molar-refractivity contribution in [2.24, 2.45) is 11.1 Å². The number of halogens is 1. The van der Waals surface area contributed by atoms with Crippen LogP contribution in [0.2, 0.25) is 5.02 Å². The van der Waals surface area contributed by atoms with Crippen molar-refractivity contribution in [1.82, 2.24) is 0 Å². The summed E-state index contributed by atoms with van der Waals surface area (Å²) >= 11 is 8.20. The Labute approximate surface area is 125 Å². The number of hydrogen-bond donors (Lipinski definition) is 1. The molecule has 2 fully saturated rings. The predicted molar refractivity (Wildman–Crippen MR) is 83.8 cm³/mol. The van der Waals surface area contributed by atoms with Crippen LogP contribution in [0, 0.1) is 5.41 Å². The highest BCUT2D eigenvalue weighted by atomic mass is 35.5. The minimum absolute atomic E-state index is 0.238. The third kappa shape index (κ3) is 2.68. The zero-order chi connectivity index (χ0) is 13.3. The molecule has 0 aromatic heterocycles. The molecule has 3 rings (SSSR count). The number of benzene rings is 1. The maximum atomic E-state index is 6.28. The molecule has 19 heavy (non-hydrogen) atoms. The van der Waals surface area contributed by atoms with Gasteiger partial charge in [0.2, 0.25) is 0 Å². The topological polar surface area (TPSA) is 26.0 Å². The quantitative estimate of drug-likeness (QED) is 0.860. The molecular formula is C16H22ClNS. The maximum absolute atomic E-state index is 6.28. The average molecular weight is 296 g/mol. The van der Waals surface area contributed by atoms with Gasteiger partial charge in [0.05, 0.1) is 5.02 Å². The molecule has 104 valence electrons. The number of thioether (sulfide) groups is 1. The van der Waals surface area contributed by atoms with Crippen molar-refractivity contribution in [2.45, 2.75) is 54.6 Å². The molecule has 0 heterocycles. The second kappa shape index (κ2) is 5.31. The average Bonchev–Trinajstić information content (AvgIpc) is 2.40. The highest BCUT2D eigenvalue weighted by Gasteiger charge is 2.54. The maximum Gasteiger partial charge on any atom is 0.0542 e. The van der Waals surface area contributed by atoms with Gasteiger partial charge in [-0.25, -0.2) is 0 Å². The van der Waals surface area contributed by atoms with Crippen LogP contribution in [0.1, 0.15) is 44.9 Å². The fraction of sp³-hybridized carbons (Fsp3) is 0.625. The predicted octanol–water partition coefficient (Wildman–Crippen LogP) is 4.87. The molecule has 0 aliphatic heterocycles. The first-order valence-corrected chi connectivity index (χ1v) is 8.50. The lowest BCUT2D eigenvalue weighted by molar-refractivity contribution is 0.0402. The number of nitrogens with two attached hydrogens (primary N) is 1. The van der Waals surface area contributed by atoms with E-state index in [9.17, 15) is 0 Å². The van der Waals surface area contributed by atoms with Crippen molar-refractivity contribution in [2.75, 3.05) is 6.54 Å². The normalized spacial score (nSPS) is 24.1. The Morgan fingerprint density at radius 3 is 2.42 bits per heavy atom. The number of hydrogen-bond acceptors (Lipinski definition) is 2. The fourth-order valence-corrected chi connectivity index (χ4v) is 5.86. The summed E-state index contributed by atoms with van der Waals surface area (Å²) in [6, 6.07) is 8.15. The van der Waals surface area contributed by atoms with Crippen LogP contribution in [0.15, 0.2) is 29.2 Å². The summed E-state index contributed by atoms with van der Waals surface area (Å²) in [6.07, 6.45) is 9.65. The van der Waals surface area contributed by atoms with Gasteiger partial charge in [0.25, 0.3) is 0 Å². The minimum atomic E-state index is 0.238. The highest BCUT2D eigenvalue weighted by Crippen LogP contribution is 2.62. The zero-order valence-electron chi connectivity index (χ0n) is 11.3. The lowest BCUT2D eigenvalue weighted by atomic mass is 9.55. The van der Waals surface area contributed by atoms with E-state index in [-0.39, 0.29) is 4.75 Å². The Morgan fingerprint density at radius 1 is 1.11 bits per heavy atom. The molecule has 0 saturated heterocycles. The van der Waals surface area contributed by atoms with E-state index >= 15 is 0 Å². The molecule has 2 N–H and O–H groups in total. The second-order valence-electron chi connectivity index (χ2n) is 6.33. The van der Waals surface area contributed by atoms with Crippen LogP contribution >= 0.6 is 23.4 Å². The smallest absolute Gasteiger partial charge is 0.0542 e. The third-order valence-corrected chi connectivity index (χ3v) is 6.75. The first-order chi connectivity index (χ1) is 9.17. The van der Waals surface area contributed by atoms with Gasteiger partial charge in [-0.3, -0.25) is 0 Å². The van der Waals surface area contributed by atoms with Gasteiger partial charge in [-0.2, -0.15) is 0 Å². The summed E-state index contributed by atoms with van der Waals surface area (Å²) in [6.45, 7) is 0.768. The van der Waals surface area contributed by atoms with Gasteiger partial charge in [0, 0.05) is 16.2 Å². The van der Waals surface area contributed by atoms with E-state index in [1.54, 1.807) is 0 Å². The minimum Gasteiger partial charge on any atom is -0.329 e. The highest BCUT2D eigenvalue weighted by molar-refractivity contribution is 8.00. The van der Waals surface area contributed by atoms with Gasteiger partial charge in [0.1, 0.15) is 0 Å². The molecule has 3 heteroatoms. The lowest BCUT2D eigenvalue weighted by Crippen LogP contribution is -2.54. The molecule has 2 saturated carbocycles. The van der Waals surface area contributed by atoms with E-state index in [0.29, 0.717) is 5.41 Å². The monoisotopic (exact) mass is 295 g/mol. The summed E-state index contributed by atoms with van der Waals surface area (Å²) < 4.78 is 0.238. The van der Waals surface area contributed by atoms with E-state index in [0.717, 1.165) is 11.6 Å². The summed E-state index contributed by atoms with van der Waals surface area (Å²) in [5, 5.41) is 0.866. The Kier molecular flexibility index (Phi) is 3.85. The summed E-state index contributed by atoms with van der Waals surface area (Å²) in [5.41, 5.74) is 6.71. The van der Waals surface area contributed by atoms with Crippen molar-refractivity contribution in [3.8, 4) is 0 Å². The van der Waals surface area contributed by atoms with Crippen LogP contribution < -0.4 is 5.73 Å². The molecule has 0 amide bonds. The summed E-state index contributed by atoms with van der Waals surface area (Å²) in [4.78, 5) is 1.19. The molecule has 1 aromatic rings. The molecular weight excluding hydrogens is 274 g/mol. The van der Waals surface area contributed by atoms with Crippen molar-refractivity contribution in [1.29, 1.82) is 0 Å². The summed E-state index contributed by atoms with van der Waals surface area (Å²) in [7, 11) is 0. The van der Waals surface area contributed by atoms with Gasteiger partial charge in [-0.1, -0.05) is 43.0 Å². The van der Waals surface area contributed by atoms with E-state index in [1.165, 1.54) is 49.8 Å². The van der Waals surface area contributed by atoms with Crippen molar-refractivity contribution >= 4 is 23.4 Å². The van der Waals surface area contributed by atoms with Crippen molar-refractivity contribution < 1.29 is 0 Å². The van der Waals surface area contributed by atoms with Gasteiger partial charge >= 0.3 is 0 Å². The van der Waals surface area contributed by atoms with Gasteiger partial charge in [0.15, 0.2) is 0 Å². The van der Waals surface area contributed by atoms with Crippen LogP contribution in [-0.4, -0.2) is 11.3 Å². The van der Waals surface area contributed by atoms with Crippen molar-refractivity contribution in [3.05, 3.63) is 29.3 Å². The largest absolute Gasteiger partial charge is 0.329 e. The van der Waals surface area contributed by atoms with Crippen LogP contribution in [0.25, 0.3) is 0 Å². The third-order valence-electron chi connectivity index (χ3n) is 4.84. The van der Waals surface area contributed by atoms with Gasteiger partial charge in [-0.15, -0.1) is 11.8 Å². The molecule has 2 aliphatic rings. The molecule has 0 bridgehead atoms. The van der Waals surface area contributed by atoms with Crippen LogP contribution in [0.4, 0.5) is 0 Å². The Balaban J connectivity index is 1.71. The Morgan fingerprint density at radius 2 is 1.79 bits per heavy atom. The Hall–Kier alpha value is -0.180. The van der Waals surface area contributed by atoms with Gasteiger partial charge < -0.3 is 5.73 Å². The molecule has 0 unspecified atom stereocenters. The SMILES string of the molecule is NCC1(Sc2ccccc2Cl)CC2(CCCCC2)C1. The van der Waals surface area contributed by atoms with E-state index < -0.39 is 0 Å². The molecule has 2 aliphatic carbocycles. The lowest BCUT2D eigenvalue weighted by Gasteiger charge is -2.57. The van der Waals surface area contributed by atoms with Gasteiger partial charge in [-0.05, 0) is 43.2 Å². The van der Waals surface area contributed by atoms with E-state index in [4.69, 9.17) is 17.3 Å². The van der Waals surface area contributed by atoms with Crippen LogP contribution in [-0.2, 0) is 0 Å². The van der Waals surface area contributed by atoms with Crippen LogP contribution in [0.3, 0.4) is 0 Å². The van der Waals surface area contributed by atoms with E-state index in [1.807, 2.05) is 23.9 Å². The molecule has 1 spiro atoms. The van der Waals surface area contributed by atoms with Crippen LogP contribution in [0.5, 0.6) is 0 Å². The first-order valence-electron chi connectivity index (χ1n) is 7.31. The molecule has 1 aromatic carbocycles. The van der Waals surface area contributed by atoms with Crippen molar-refractivity contribution in [3.63, 3.8) is 0 Å². The zero-order valence-corrected chi connectivity index (χ0v) is 12.9. The fourth-order valence-electron chi connectivity index (χ4n) is 3.99. The molecule has 0 radical (unpaired) electrons. The first kappa shape index (κ1) is 13.8.